The van der Waals surface area contributed by atoms with Crippen molar-refractivity contribution in [2.24, 2.45) is 5.92 Å². The Balaban J connectivity index is 1.87. The second-order valence-electron chi connectivity index (χ2n) is 5.95. The van der Waals surface area contributed by atoms with Crippen LogP contribution in [0.3, 0.4) is 0 Å². The Bertz CT molecular complexity index is 552. The Morgan fingerprint density at radius 2 is 2.21 bits per heavy atom. The smallest absolute Gasteiger partial charge is 0.384 e. The molecule has 1 aromatic heterocycles. The van der Waals surface area contributed by atoms with E-state index in [0.29, 0.717) is 31.2 Å². The third-order valence-corrected chi connectivity index (χ3v) is 4.10. The van der Waals surface area contributed by atoms with Gasteiger partial charge in [-0.25, -0.2) is 4.79 Å². The topological polar surface area (TPSA) is 54.5 Å². The van der Waals surface area contributed by atoms with E-state index in [-0.39, 0.29) is 12.6 Å². The van der Waals surface area contributed by atoms with Gasteiger partial charge in [0.1, 0.15) is 5.69 Å². The second-order valence-corrected chi connectivity index (χ2v) is 5.95. The van der Waals surface area contributed by atoms with Crippen LogP contribution in [-0.2, 0) is 17.5 Å². The summed E-state index contributed by atoms with van der Waals surface area (Å²) in [6.45, 7) is 2.01. The van der Waals surface area contributed by atoms with Crippen LogP contribution in [0.1, 0.15) is 30.5 Å². The summed E-state index contributed by atoms with van der Waals surface area (Å²) in [7, 11) is 1.67. The van der Waals surface area contributed by atoms with Gasteiger partial charge in [0, 0.05) is 39.5 Å². The lowest BCUT2D eigenvalue weighted by Crippen LogP contribution is -2.40. The molecule has 0 radical (unpaired) electrons. The normalized spacial score (nSPS) is 19.0. The fraction of sp³-hybridized carbons (Fsp3) is 0.625. The Kier molecular flexibility index (Phi) is 6.42. The number of nitrogens with zero attached hydrogens (tertiary/aromatic N) is 2. The molecule has 0 saturated carbocycles. The van der Waals surface area contributed by atoms with Gasteiger partial charge in [-0.2, -0.15) is 13.2 Å². The van der Waals surface area contributed by atoms with Crippen molar-refractivity contribution in [3.05, 3.63) is 29.6 Å². The van der Waals surface area contributed by atoms with Crippen molar-refractivity contribution in [3.8, 4) is 0 Å². The number of methoxy groups -OCH3 is 1. The molecule has 1 aliphatic rings. The standard InChI is InChI=1S/C16H22F3N3O2/c1-24-11-12-3-2-7-22(8-5-12)15(23)21-10-13-4-6-20-14(9-13)16(17,18)19/h4,6,9,12H,2-3,5,7-8,10-11H2,1H3,(H,21,23). The minimum Gasteiger partial charge on any atom is -0.384 e. The molecule has 5 nitrogen and oxygen atoms in total. The summed E-state index contributed by atoms with van der Waals surface area (Å²) in [5, 5.41) is 2.68. The van der Waals surface area contributed by atoms with E-state index in [0.717, 1.165) is 31.5 Å². The number of pyridine rings is 1. The Hall–Kier alpha value is -1.83. The van der Waals surface area contributed by atoms with Gasteiger partial charge in [0.25, 0.3) is 0 Å². The molecule has 1 N–H and O–H groups in total. The van der Waals surface area contributed by atoms with Crippen molar-refractivity contribution in [2.75, 3.05) is 26.8 Å². The van der Waals surface area contributed by atoms with Crippen LogP contribution in [0.5, 0.6) is 0 Å². The van der Waals surface area contributed by atoms with Gasteiger partial charge in [-0.3, -0.25) is 4.98 Å². The maximum atomic E-state index is 12.6. The zero-order valence-electron chi connectivity index (χ0n) is 13.6. The molecule has 2 rings (SSSR count). The number of aromatic nitrogens is 1. The summed E-state index contributed by atoms with van der Waals surface area (Å²) < 4.78 is 43.1. The average Bonchev–Trinajstić information content (AvgIpc) is 2.78. The van der Waals surface area contributed by atoms with Gasteiger partial charge in [-0.15, -0.1) is 0 Å². The first kappa shape index (κ1) is 18.5. The first-order valence-corrected chi connectivity index (χ1v) is 7.94. The van der Waals surface area contributed by atoms with Crippen LogP contribution in [-0.4, -0.2) is 42.7 Å². The van der Waals surface area contributed by atoms with Crippen molar-refractivity contribution in [3.63, 3.8) is 0 Å². The molecule has 2 amide bonds. The Labute approximate surface area is 139 Å². The molecule has 1 fully saturated rings. The maximum absolute atomic E-state index is 12.6. The summed E-state index contributed by atoms with van der Waals surface area (Å²) >= 11 is 0. The molecule has 0 bridgehead atoms. The zero-order valence-corrected chi connectivity index (χ0v) is 13.6. The minimum atomic E-state index is -4.48. The molecular formula is C16H22F3N3O2. The highest BCUT2D eigenvalue weighted by molar-refractivity contribution is 5.74. The fourth-order valence-electron chi connectivity index (χ4n) is 2.80. The zero-order chi connectivity index (χ0) is 17.6. The van der Waals surface area contributed by atoms with Crippen molar-refractivity contribution in [2.45, 2.75) is 32.0 Å². The first-order chi connectivity index (χ1) is 11.4. The lowest BCUT2D eigenvalue weighted by Gasteiger charge is -2.21. The number of alkyl halides is 3. The Morgan fingerprint density at radius 1 is 1.42 bits per heavy atom. The number of hydrogen-bond acceptors (Lipinski definition) is 3. The molecule has 8 heteroatoms. The fourth-order valence-corrected chi connectivity index (χ4v) is 2.80. The number of rotatable bonds is 4. The predicted molar refractivity (Wildman–Crippen MR) is 82.3 cm³/mol. The third-order valence-electron chi connectivity index (χ3n) is 4.10. The second kappa shape index (κ2) is 8.32. The van der Waals surface area contributed by atoms with E-state index >= 15 is 0 Å². The lowest BCUT2D eigenvalue weighted by molar-refractivity contribution is -0.141. The van der Waals surface area contributed by atoms with Crippen LogP contribution in [0.15, 0.2) is 18.3 Å². The van der Waals surface area contributed by atoms with Crippen molar-refractivity contribution < 1.29 is 22.7 Å². The summed E-state index contributed by atoms with van der Waals surface area (Å²) in [6.07, 6.45) is -0.604. The third kappa shape index (κ3) is 5.36. The summed E-state index contributed by atoms with van der Waals surface area (Å²) in [5.74, 6) is 0.447. The number of urea groups is 1. The number of carbonyl (C=O) groups excluding carboxylic acids is 1. The molecule has 1 aliphatic heterocycles. The summed E-state index contributed by atoms with van der Waals surface area (Å²) in [6, 6.07) is 2.17. The van der Waals surface area contributed by atoms with Crippen LogP contribution in [0.2, 0.25) is 0 Å². The number of nitrogens with one attached hydrogen (secondary N) is 1. The SMILES string of the molecule is COCC1CCCN(C(=O)NCc2ccnc(C(F)(F)F)c2)CC1. The number of likely N-dealkylation sites (tertiary alicyclic amines) is 1. The highest BCUT2D eigenvalue weighted by Gasteiger charge is 2.32. The highest BCUT2D eigenvalue weighted by atomic mass is 19.4. The van der Waals surface area contributed by atoms with Gasteiger partial charge in [-0.05, 0) is 42.9 Å². The van der Waals surface area contributed by atoms with Gasteiger partial charge in [0.15, 0.2) is 0 Å². The number of halogens is 3. The highest BCUT2D eigenvalue weighted by Crippen LogP contribution is 2.27. The molecule has 0 aromatic carbocycles. The molecule has 1 saturated heterocycles. The minimum absolute atomic E-state index is 0.0441. The number of amides is 2. The number of ether oxygens (including phenoxy) is 1. The largest absolute Gasteiger partial charge is 0.433 e. The van der Waals surface area contributed by atoms with Crippen LogP contribution in [0.4, 0.5) is 18.0 Å². The summed E-state index contributed by atoms with van der Waals surface area (Å²) in [5.41, 5.74) is -0.579. The van der Waals surface area contributed by atoms with Crippen LogP contribution in [0, 0.1) is 5.92 Å². The van der Waals surface area contributed by atoms with E-state index in [4.69, 9.17) is 4.74 Å². The van der Waals surface area contributed by atoms with Gasteiger partial charge in [-0.1, -0.05) is 0 Å². The van der Waals surface area contributed by atoms with Gasteiger partial charge in [0.2, 0.25) is 0 Å². The molecular weight excluding hydrogens is 323 g/mol. The molecule has 0 spiro atoms. The monoisotopic (exact) mass is 345 g/mol. The van der Waals surface area contributed by atoms with E-state index in [1.807, 2.05) is 0 Å². The van der Waals surface area contributed by atoms with Crippen LogP contribution < -0.4 is 5.32 Å². The number of hydrogen-bond donors (Lipinski definition) is 1. The van der Waals surface area contributed by atoms with E-state index < -0.39 is 11.9 Å². The van der Waals surface area contributed by atoms with E-state index in [9.17, 15) is 18.0 Å². The molecule has 1 aromatic rings. The van der Waals surface area contributed by atoms with Gasteiger partial charge >= 0.3 is 12.2 Å². The Morgan fingerprint density at radius 3 is 2.92 bits per heavy atom. The van der Waals surface area contributed by atoms with E-state index in [2.05, 4.69) is 10.3 Å². The van der Waals surface area contributed by atoms with E-state index in [1.54, 1.807) is 12.0 Å². The predicted octanol–water partition coefficient (Wildman–Crippen LogP) is 3.06. The van der Waals surface area contributed by atoms with Crippen molar-refractivity contribution in [1.29, 1.82) is 0 Å². The van der Waals surface area contributed by atoms with Crippen molar-refractivity contribution in [1.82, 2.24) is 15.2 Å². The summed E-state index contributed by atoms with van der Waals surface area (Å²) in [4.78, 5) is 17.2. The van der Waals surface area contributed by atoms with E-state index in [1.165, 1.54) is 6.07 Å². The molecule has 134 valence electrons. The van der Waals surface area contributed by atoms with Gasteiger partial charge in [0.05, 0.1) is 0 Å². The lowest BCUT2D eigenvalue weighted by atomic mass is 10.0. The van der Waals surface area contributed by atoms with Crippen LogP contribution >= 0.6 is 0 Å². The van der Waals surface area contributed by atoms with Crippen molar-refractivity contribution >= 4 is 6.03 Å². The maximum Gasteiger partial charge on any atom is 0.433 e. The average molecular weight is 345 g/mol. The van der Waals surface area contributed by atoms with Crippen LogP contribution in [0.25, 0.3) is 0 Å². The number of carbonyl (C=O) groups is 1. The molecule has 0 aliphatic carbocycles. The molecule has 2 heterocycles. The quantitative estimate of drug-likeness (QED) is 0.912. The molecule has 1 atom stereocenters. The first-order valence-electron chi connectivity index (χ1n) is 7.94. The molecule has 1 unspecified atom stereocenters. The molecule has 24 heavy (non-hydrogen) atoms. The van der Waals surface area contributed by atoms with Gasteiger partial charge < -0.3 is 15.0 Å².